The molecule has 2 heteroatoms. The van der Waals surface area contributed by atoms with Gasteiger partial charge in [0.1, 0.15) is 0 Å². The average Bonchev–Trinajstić information content (AvgIpc) is 2.52. The van der Waals surface area contributed by atoms with Gasteiger partial charge < -0.3 is 10.2 Å². The summed E-state index contributed by atoms with van der Waals surface area (Å²) in [5.41, 5.74) is 1.82. The molecule has 2 N–H and O–H groups in total. The number of aliphatic hydroxyl groups is 2. The molecule has 0 heterocycles. The fourth-order valence-electron chi connectivity index (χ4n) is 3.89. The predicted octanol–water partition coefficient (Wildman–Crippen LogP) is 4.13. The first-order valence-corrected chi connectivity index (χ1v) is 8.58. The van der Waals surface area contributed by atoms with Gasteiger partial charge in [0.05, 0.1) is 12.7 Å². The molecular weight excluding hydrogens is 272 g/mol. The van der Waals surface area contributed by atoms with Crippen LogP contribution < -0.4 is 0 Å². The van der Waals surface area contributed by atoms with E-state index in [9.17, 15) is 10.2 Å². The first-order chi connectivity index (χ1) is 10.5. The van der Waals surface area contributed by atoms with E-state index in [2.05, 4.69) is 20.8 Å². The Bertz CT molecular complexity index is 478. The molecule has 0 aliphatic heterocycles. The van der Waals surface area contributed by atoms with Gasteiger partial charge in [0.15, 0.2) is 0 Å². The van der Waals surface area contributed by atoms with Crippen molar-refractivity contribution in [1.82, 2.24) is 0 Å². The van der Waals surface area contributed by atoms with E-state index in [4.69, 9.17) is 0 Å². The minimum absolute atomic E-state index is 0.0321. The summed E-state index contributed by atoms with van der Waals surface area (Å²) in [6, 6.07) is 9.86. The van der Waals surface area contributed by atoms with Gasteiger partial charge in [-0.25, -0.2) is 0 Å². The van der Waals surface area contributed by atoms with Crippen LogP contribution in [0.3, 0.4) is 0 Å². The molecule has 1 fully saturated rings. The first kappa shape index (κ1) is 17.2. The second-order valence-corrected chi connectivity index (χ2v) is 7.20. The third kappa shape index (κ3) is 4.21. The number of benzene rings is 1. The quantitative estimate of drug-likeness (QED) is 0.858. The van der Waals surface area contributed by atoms with Crippen LogP contribution in [0.15, 0.2) is 36.4 Å². The van der Waals surface area contributed by atoms with Gasteiger partial charge >= 0.3 is 0 Å². The van der Waals surface area contributed by atoms with E-state index in [1.165, 1.54) is 12.8 Å². The lowest BCUT2D eigenvalue weighted by atomic mass is 9.68. The molecule has 1 aliphatic carbocycles. The largest absolute Gasteiger partial charge is 0.392 e. The highest BCUT2D eigenvalue weighted by Crippen LogP contribution is 2.40. The van der Waals surface area contributed by atoms with Crippen LogP contribution in [0, 0.1) is 23.7 Å². The van der Waals surface area contributed by atoms with Gasteiger partial charge in [0.25, 0.3) is 0 Å². The topological polar surface area (TPSA) is 40.5 Å². The summed E-state index contributed by atoms with van der Waals surface area (Å²) in [5.74, 6) is 2.14. The molecular formula is C20H30O2. The smallest absolute Gasteiger partial charge is 0.0758 e. The van der Waals surface area contributed by atoms with Crippen molar-refractivity contribution in [3.8, 4) is 0 Å². The van der Waals surface area contributed by atoms with Crippen molar-refractivity contribution in [1.29, 1.82) is 0 Å². The summed E-state index contributed by atoms with van der Waals surface area (Å²) in [6.07, 6.45) is 4.95. The Morgan fingerprint density at radius 3 is 2.45 bits per heavy atom. The Balaban J connectivity index is 2.20. The van der Waals surface area contributed by atoms with E-state index in [1.807, 2.05) is 36.4 Å². The molecule has 1 aromatic rings. The normalized spacial score (nSPS) is 27.9. The lowest BCUT2D eigenvalue weighted by Crippen LogP contribution is -2.35. The maximum atomic E-state index is 10.8. The zero-order valence-corrected chi connectivity index (χ0v) is 14.1. The summed E-state index contributed by atoms with van der Waals surface area (Å²) in [4.78, 5) is 0. The second-order valence-electron chi connectivity index (χ2n) is 7.20. The van der Waals surface area contributed by atoms with Crippen LogP contribution in [0.1, 0.15) is 45.6 Å². The summed E-state index contributed by atoms with van der Waals surface area (Å²) >= 11 is 0. The van der Waals surface area contributed by atoms with Crippen LogP contribution in [0.2, 0.25) is 0 Å². The van der Waals surface area contributed by atoms with E-state index in [0.717, 1.165) is 17.6 Å². The highest BCUT2D eigenvalue weighted by Gasteiger charge is 2.34. The standard InChI is InChI=1S/C20H30O2/c1-14(2)18-10-9-15(3)11-19(18)20(22)12-17(13-21)16-7-5-4-6-8-16/h4-8,12,14-15,18-22H,9-11,13H2,1-3H3/b17-12+/t15-,18+,19-,20+/m1/s1. The third-order valence-corrected chi connectivity index (χ3v) is 5.20. The summed E-state index contributed by atoms with van der Waals surface area (Å²) in [5, 5.41) is 20.5. The van der Waals surface area contributed by atoms with Crippen LogP contribution in [-0.4, -0.2) is 22.9 Å². The first-order valence-electron chi connectivity index (χ1n) is 8.58. The lowest BCUT2D eigenvalue weighted by Gasteiger charge is -2.39. The van der Waals surface area contributed by atoms with Gasteiger partial charge in [-0.1, -0.05) is 57.5 Å². The van der Waals surface area contributed by atoms with Gasteiger partial charge in [-0.05, 0) is 53.7 Å². The SMILES string of the molecule is CC(C)[C@@H]1CC[C@@H](C)C[C@H]1[C@@H](O)/C=C(\CO)c1ccccc1. The third-order valence-electron chi connectivity index (χ3n) is 5.20. The van der Waals surface area contributed by atoms with Crippen molar-refractivity contribution in [2.24, 2.45) is 23.7 Å². The zero-order chi connectivity index (χ0) is 16.1. The van der Waals surface area contributed by atoms with Crippen molar-refractivity contribution in [2.45, 2.75) is 46.1 Å². The van der Waals surface area contributed by atoms with Crippen molar-refractivity contribution in [3.05, 3.63) is 42.0 Å². The lowest BCUT2D eigenvalue weighted by molar-refractivity contribution is 0.0427. The summed E-state index contributed by atoms with van der Waals surface area (Å²) in [6.45, 7) is 6.77. The Morgan fingerprint density at radius 1 is 1.18 bits per heavy atom. The van der Waals surface area contributed by atoms with Gasteiger partial charge in [-0.15, -0.1) is 0 Å². The Hall–Kier alpha value is -1.12. The predicted molar refractivity (Wildman–Crippen MR) is 92.3 cm³/mol. The van der Waals surface area contributed by atoms with Crippen molar-refractivity contribution >= 4 is 5.57 Å². The Labute approximate surface area is 134 Å². The van der Waals surface area contributed by atoms with Gasteiger partial charge in [-0.2, -0.15) is 0 Å². The highest BCUT2D eigenvalue weighted by molar-refractivity contribution is 5.66. The fraction of sp³-hybridized carbons (Fsp3) is 0.600. The van der Waals surface area contributed by atoms with E-state index in [0.29, 0.717) is 23.7 Å². The molecule has 22 heavy (non-hydrogen) atoms. The zero-order valence-electron chi connectivity index (χ0n) is 14.1. The molecule has 4 atom stereocenters. The van der Waals surface area contributed by atoms with Gasteiger partial charge in [0.2, 0.25) is 0 Å². The van der Waals surface area contributed by atoms with Crippen LogP contribution >= 0.6 is 0 Å². The second kappa shape index (κ2) is 7.94. The maximum Gasteiger partial charge on any atom is 0.0758 e. The average molecular weight is 302 g/mol. The Morgan fingerprint density at radius 2 is 1.86 bits per heavy atom. The molecule has 0 unspecified atom stereocenters. The number of hydrogen-bond acceptors (Lipinski definition) is 2. The molecule has 0 aromatic heterocycles. The van der Waals surface area contributed by atoms with Gasteiger partial charge in [0, 0.05) is 0 Å². The number of hydrogen-bond donors (Lipinski definition) is 2. The van der Waals surface area contributed by atoms with Gasteiger partial charge in [-0.3, -0.25) is 0 Å². The molecule has 1 aromatic carbocycles. The molecule has 122 valence electrons. The van der Waals surface area contributed by atoms with Crippen LogP contribution in [0.25, 0.3) is 5.57 Å². The van der Waals surface area contributed by atoms with E-state index >= 15 is 0 Å². The molecule has 0 radical (unpaired) electrons. The summed E-state index contributed by atoms with van der Waals surface area (Å²) in [7, 11) is 0. The molecule has 2 nitrogen and oxygen atoms in total. The van der Waals surface area contributed by atoms with Crippen LogP contribution in [-0.2, 0) is 0 Å². The van der Waals surface area contributed by atoms with Crippen LogP contribution in [0.5, 0.6) is 0 Å². The van der Waals surface area contributed by atoms with E-state index < -0.39 is 6.10 Å². The van der Waals surface area contributed by atoms with Crippen molar-refractivity contribution in [3.63, 3.8) is 0 Å². The van der Waals surface area contributed by atoms with Crippen molar-refractivity contribution < 1.29 is 10.2 Å². The Kier molecular flexibility index (Phi) is 6.22. The molecule has 0 bridgehead atoms. The monoisotopic (exact) mass is 302 g/mol. The molecule has 1 aliphatic rings. The molecule has 1 saturated carbocycles. The molecule has 0 saturated heterocycles. The number of aliphatic hydroxyl groups excluding tert-OH is 2. The van der Waals surface area contributed by atoms with E-state index in [1.54, 1.807) is 0 Å². The molecule has 0 spiro atoms. The maximum absolute atomic E-state index is 10.8. The summed E-state index contributed by atoms with van der Waals surface area (Å²) < 4.78 is 0. The van der Waals surface area contributed by atoms with E-state index in [-0.39, 0.29) is 6.61 Å². The molecule has 2 rings (SSSR count). The highest BCUT2D eigenvalue weighted by atomic mass is 16.3. The van der Waals surface area contributed by atoms with Crippen LogP contribution in [0.4, 0.5) is 0 Å². The van der Waals surface area contributed by atoms with Crippen molar-refractivity contribution in [2.75, 3.05) is 6.61 Å². The minimum Gasteiger partial charge on any atom is -0.392 e. The number of rotatable bonds is 5. The fourth-order valence-corrected chi connectivity index (χ4v) is 3.89. The minimum atomic E-state index is -0.475. The molecule has 0 amide bonds.